The van der Waals surface area contributed by atoms with E-state index in [1.54, 1.807) is 14.2 Å². The van der Waals surface area contributed by atoms with Gasteiger partial charge < -0.3 is 38.2 Å². The summed E-state index contributed by atoms with van der Waals surface area (Å²) in [6, 6.07) is 18.7. The smallest absolute Gasteiger partial charge is 0.308 e. The van der Waals surface area contributed by atoms with E-state index < -0.39 is 23.8 Å². The number of rotatable bonds is 16. The number of benzene rings is 3. The number of fused-ring (bicyclic) bond motifs is 1. The lowest BCUT2D eigenvalue weighted by atomic mass is 9.84. The number of quaternary nitrogens is 1. The highest BCUT2D eigenvalue weighted by Crippen LogP contribution is 2.47. The van der Waals surface area contributed by atoms with E-state index >= 15 is 0 Å². The molecule has 3 aromatic rings. The highest BCUT2D eigenvalue weighted by atomic mass is 16.7. The molecule has 1 saturated heterocycles. The number of anilines is 1. The van der Waals surface area contributed by atoms with Crippen molar-refractivity contribution in [2.24, 2.45) is 5.92 Å². The summed E-state index contributed by atoms with van der Waals surface area (Å²) in [5.74, 6) is 0.410. The first-order valence-electron chi connectivity index (χ1n) is 16.9. The van der Waals surface area contributed by atoms with Gasteiger partial charge in [-0.25, -0.2) is 0 Å². The van der Waals surface area contributed by atoms with Crippen molar-refractivity contribution >= 4 is 17.6 Å². The Kier molecular flexibility index (Phi) is 11.6. The van der Waals surface area contributed by atoms with Crippen molar-refractivity contribution in [3.8, 4) is 28.7 Å². The van der Waals surface area contributed by atoms with E-state index in [-0.39, 0.29) is 25.9 Å². The Bertz CT molecular complexity index is 1610. The van der Waals surface area contributed by atoms with Crippen LogP contribution in [-0.2, 0) is 16.1 Å². The Hall–Kier alpha value is -4.48. The van der Waals surface area contributed by atoms with Crippen molar-refractivity contribution in [3.63, 3.8) is 0 Å². The molecule has 0 radical (unpaired) electrons. The van der Waals surface area contributed by atoms with Gasteiger partial charge in [0, 0.05) is 36.3 Å². The maximum Gasteiger partial charge on any atom is 0.308 e. The van der Waals surface area contributed by atoms with Gasteiger partial charge in [0.1, 0.15) is 6.54 Å². The lowest BCUT2D eigenvalue weighted by Gasteiger charge is -2.30. The molecule has 0 aromatic heterocycles. The number of methoxy groups -OCH3 is 2. The number of hydrogen-bond donors (Lipinski definition) is 1. The first-order valence-corrected chi connectivity index (χ1v) is 16.9. The number of likely N-dealkylation sites (tertiary alicyclic amines) is 1. The minimum absolute atomic E-state index is 0.0601. The first kappa shape index (κ1) is 35.8. The maximum absolute atomic E-state index is 14.3. The third-order valence-electron chi connectivity index (χ3n) is 9.14. The summed E-state index contributed by atoms with van der Waals surface area (Å²) < 4.78 is 29.3. The molecule has 1 amide bonds. The maximum atomic E-state index is 14.3. The fraction of sp³-hybridized carbons (Fsp3) is 0.474. The monoisotopic (exact) mass is 676 g/mol. The molecule has 2 aliphatic heterocycles. The van der Waals surface area contributed by atoms with Crippen molar-refractivity contribution < 1.29 is 42.9 Å². The molecule has 5 rings (SSSR count). The fourth-order valence-electron chi connectivity index (χ4n) is 6.93. The third kappa shape index (κ3) is 8.58. The predicted molar refractivity (Wildman–Crippen MR) is 187 cm³/mol. The summed E-state index contributed by atoms with van der Waals surface area (Å²) in [7, 11) is 9.56. The zero-order valence-electron chi connectivity index (χ0n) is 29.5. The molecule has 0 spiro atoms. The molecule has 2 heterocycles. The number of ether oxygens (including phenoxy) is 5. The average Bonchev–Trinajstić information content (AvgIpc) is 3.69. The van der Waals surface area contributed by atoms with E-state index in [1.165, 1.54) is 0 Å². The van der Waals surface area contributed by atoms with Gasteiger partial charge in [0.25, 0.3) is 0 Å². The number of hydrogen-bond acceptors (Lipinski definition) is 8. The summed E-state index contributed by atoms with van der Waals surface area (Å²) in [6.07, 6.45) is 2.16. The van der Waals surface area contributed by atoms with Crippen LogP contribution in [0.1, 0.15) is 43.2 Å². The van der Waals surface area contributed by atoms with Crippen molar-refractivity contribution in [3.05, 3.63) is 71.8 Å². The summed E-state index contributed by atoms with van der Waals surface area (Å²) >= 11 is 0. The number of unbranched alkanes of at least 4 members (excludes halogenated alkanes) is 1. The number of para-hydroxylation sites is 2. The largest absolute Gasteiger partial charge is 0.493 e. The summed E-state index contributed by atoms with van der Waals surface area (Å²) in [5, 5.41) is 10.7. The van der Waals surface area contributed by atoms with Crippen LogP contribution < -0.4 is 28.6 Å². The lowest BCUT2D eigenvalue weighted by molar-refractivity contribution is -0.884. The highest BCUT2D eigenvalue weighted by Gasteiger charge is 2.47. The van der Waals surface area contributed by atoms with Crippen LogP contribution in [0, 0.1) is 5.92 Å². The molecule has 0 bridgehead atoms. The Morgan fingerprint density at radius 3 is 2.43 bits per heavy atom. The van der Waals surface area contributed by atoms with Gasteiger partial charge in [0.2, 0.25) is 18.4 Å². The summed E-state index contributed by atoms with van der Waals surface area (Å²) in [6.45, 7) is 4.22. The van der Waals surface area contributed by atoms with Gasteiger partial charge in [-0.3, -0.25) is 14.5 Å². The molecular weight excluding hydrogens is 626 g/mol. The van der Waals surface area contributed by atoms with Crippen LogP contribution in [0.15, 0.2) is 60.7 Å². The zero-order chi connectivity index (χ0) is 35.1. The van der Waals surface area contributed by atoms with Crippen LogP contribution in [0.5, 0.6) is 28.7 Å². The Morgan fingerprint density at radius 1 is 0.980 bits per heavy atom. The number of carboxylic acid groups (broad SMARTS) is 1. The SMILES string of the molecule is CCCCN(C(=O)CN1CC(c2cc(OC)c3c(c2)OCO3)C(C(=O)O)C1CCOc1ccccc1OC)c1cccc(C[N+](C)(C)C)c1. The van der Waals surface area contributed by atoms with E-state index in [0.717, 1.165) is 40.7 Å². The van der Waals surface area contributed by atoms with Crippen molar-refractivity contribution in [1.29, 1.82) is 0 Å². The molecule has 3 unspecified atom stereocenters. The number of aliphatic carboxylic acids is 1. The van der Waals surface area contributed by atoms with Crippen LogP contribution in [-0.4, -0.2) is 101 Å². The molecule has 1 fully saturated rings. The Balaban J connectivity index is 1.46. The normalized spacial score (nSPS) is 18.7. The van der Waals surface area contributed by atoms with E-state index in [2.05, 4.69) is 40.2 Å². The molecule has 3 atom stereocenters. The number of amides is 1. The minimum Gasteiger partial charge on any atom is -0.493 e. The van der Waals surface area contributed by atoms with Gasteiger partial charge in [0.05, 0.1) is 54.4 Å². The summed E-state index contributed by atoms with van der Waals surface area (Å²) in [4.78, 5) is 31.3. The van der Waals surface area contributed by atoms with Gasteiger partial charge in [-0.15, -0.1) is 0 Å². The van der Waals surface area contributed by atoms with Gasteiger partial charge in [0.15, 0.2) is 23.0 Å². The number of nitrogens with zero attached hydrogens (tertiary/aromatic N) is 3. The summed E-state index contributed by atoms with van der Waals surface area (Å²) in [5.41, 5.74) is 2.76. The number of carbonyl (C=O) groups is 2. The van der Waals surface area contributed by atoms with Crippen molar-refractivity contribution in [2.45, 2.75) is 44.7 Å². The number of carbonyl (C=O) groups excluding carboxylic acids is 1. The standard InChI is InChI=1S/C38H49N3O8/c1-7-8-17-40(28-13-11-12-26(19-28)24-41(2,3)4)35(42)23-39-22-29(27-20-33(46-6)37-34(21-27)48-25-49-37)36(38(43)44)30(39)16-18-47-32-15-10-9-14-31(32)45-5/h9-15,19-21,29-30,36H,7-8,16-18,22-25H2,1-6H3/p+1. The van der Waals surface area contributed by atoms with Gasteiger partial charge in [-0.05, 0) is 54.8 Å². The topological polar surface area (TPSA) is 107 Å². The van der Waals surface area contributed by atoms with E-state index in [1.807, 2.05) is 58.3 Å². The molecule has 0 aliphatic carbocycles. The number of carboxylic acids is 1. The van der Waals surface area contributed by atoms with Crippen LogP contribution >= 0.6 is 0 Å². The van der Waals surface area contributed by atoms with E-state index in [4.69, 9.17) is 23.7 Å². The molecular formula is C38H50N3O8+. The van der Waals surface area contributed by atoms with Gasteiger partial charge in [-0.1, -0.05) is 37.6 Å². The predicted octanol–water partition coefficient (Wildman–Crippen LogP) is 5.41. The minimum atomic E-state index is -0.935. The lowest BCUT2D eigenvalue weighted by Crippen LogP contribution is -2.45. The average molecular weight is 677 g/mol. The van der Waals surface area contributed by atoms with Crippen LogP contribution in [0.25, 0.3) is 0 Å². The third-order valence-corrected chi connectivity index (χ3v) is 9.14. The van der Waals surface area contributed by atoms with E-state index in [0.29, 0.717) is 48.3 Å². The molecule has 11 nitrogen and oxygen atoms in total. The Labute approximate surface area is 289 Å². The van der Waals surface area contributed by atoms with Gasteiger partial charge >= 0.3 is 5.97 Å². The highest BCUT2D eigenvalue weighted by molar-refractivity contribution is 5.95. The van der Waals surface area contributed by atoms with Crippen LogP contribution in [0.4, 0.5) is 5.69 Å². The van der Waals surface area contributed by atoms with Crippen molar-refractivity contribution in [2.75, 3.05) is 73.3 Å². The van der Waals surface area contributed by atoms with E-state index in [9.17, 15) is 14.7 Å². The van der Waals surface area contributed by atoms with Crippen LogP contribution in [0.3, 0.4) is 0 Å². The molecule has 49 heavy (non-hydrogen) atoms. The second-order valence-electron chi connectivity index (χ2n) is 13.7. The molecule has 11 heteroatoms. The second-order valence-corrected chi connectivity index (χ2v) is 13.7. The molecule has 3 aromatic carbocycles. The Morgan fingerprint density at radius 2 is 1.73 bits per heavy atom. The quantitative estimate of drug-likeness (QED) is 0.200. The van der Waals surface area contributed by atoms with Gasteiger partial charge in [-0.2, -0.15) is 0 Å². The first-order chi connectivity index (χ1) is 23.5. The fourth-order valence-corrected chi connectivity index (χ4v) is 6.93. The molecule has 264 valence electrons. The molecule has 2 aliphatic rings. The second kappa shape index (κ2) is 15.8. The van der Waals surface area contributed by atoms with Crippen LogP contribution in [0.2, 0.25) is 0 Å². The molecule has 0 saturated carbocycles. The molecule has 1 N–H and O–H groups in total. The van der Waals surface area contributed by atoms with Crippen molar-refractivity contribution in [1.82, 2.24) is 4.90 Å². The zero-order valence-corrected chi connectivity index (χ0v) is 29.5.